The number of carboxylic acids is 1. The van der Waals surface area contributed by atoms with Gasteiger partial charge in [-0.15, -0.1) is 0 Å². The minimum Gasteiger partial charge on any atom is -0.504 e. The third-order valence-corrected chi connectivity index (χ3v) is 2.08. The minimum atomic E-state index is -0.819. The largest absolute Gasteiger partial charge is 0.504 e. The summed E-state index contributed by atoms with van der Waals surface area (Å²) in [7, 11) is 1.58. The molecule has 0 bridgehead atoms. The molecule has 0 atom stereocenters. The molecule has 3 nitrogen and oxygen atoms in total. The van der Waals surface area contributed by atoms with Gasteiger partial charge in [0.2, 0.25) is 0 Å². The van der Waals surface area contributed by atoms with Crippen molar-refractivity contribution in [1.82, 2.24) is 0 Å². The van der Waals surface area contributed by atoms with E-state index in [9.17, 15) is 4.79 Å². The molecule has 0 heterocycles. The number of ether oxygens (including phenoxy) is 1. The Balaban J connectivity index is 2.94. The van der Waals surface area contributed by atoms with Crippen LogP contribution >= 0.6 is 0 Å². The topological polar surface area (TPSA) is 46.5 Å². The molecule has 15 heavy (non-hydrogen) atoms. The van der Waals surface area contributed by atoms with Crippen LogP contribution in [-0.4, -0.2) is 18.2 Å². The maximum Gasteiger partial charge on any atom is 0.307 e. The molecule has 1 N–H and O–H groups in total. The quantitative estimate of drug-likeness (QED) is 0.768. The summed E-state index contributed by atoms with van der Waals surface area (Å²) in [6, 6.07) is 5.60. The summed E-state index contributed by atoms with van der Waals surface area (Å²) >= 11 is 0. The van der Waals surface area contributed by atoms with Crippen molar-refractivity contribution in [2.24, 2.45) is 0 Å². The monoisotopic (exact) mass is 206 g/mol. The number of rotatable bonds is 4. The summed E-state index contributed by atoms with van der Waals surface area (Å²) in [6.45, 7) is 1.97. The van der Waals surface area contributed by atoms with Crippen LogP contribution in [0.15, 0.2) is 24.5 Å². The molecular weight excluding hydrogens is 192 g/mol. The standard InChI is InChI=1S/C12H14O3/c1-9-3-4-10(8-12(13)14)7-11(9)5-6-15-2/h3-7H,8H2,1-2H3,(H,13,14). The lowest BCUT2D eigenvalue weighted by atomic mass is 10.0. The van der Waals surface area contributed by atoms with E-state index >= 15 is 0 Å². The molecule has 1 aromatic rings. The summed E-state index contributed by atoms with van der Waals surface area (Å²) in [5, 5.41) is 8.66. The van der Waals surface area contributed by atoms with Crippen molar-refractivity contribution < 1.29 is 14.6 Å². The second-order valence-corrected chi connectivity index (χ2v) is 3.30. The van der Waals surface area contributed by atoms with Crippen LogP contribution in [-0.2, 0) is 16.0 Å². The third-order valence-electron chi connectivity index (χ3n) is 2.08. The summed E-state index contributed by atoms with van der Waals surface area (Å²) in [4.78, 5) is 10.5. The Bertz CT molecular complexity index is 380. The fourth-order valence-corrected chi connectivity index (χ4v) is 1.30. The van der Waals surface area contributed by atoms with E-state index in [2.05, 4.69) is 0 Å². The molecule has 0 aliphatic heterocycles. The first-order chi connectivity index (χ1) is 7.13. The fourth-order valence-electron chi connectivity index (χ4n) is 1.30. The van der Waals surface area contributed by atoms with Crippen molar-refractivity contribution in [3.8, 4) is 0 Å². The van der Waals surface area contributed by atoms with E-state index in [0.29, 0.717) is 0 Å². The highest BCUT2D eigenvalue weighted by Gasteiger charge is 2.02. The first-order valence-corrected chi connectivity index (χ1v) is 4.64. The zero-order valence-electron chi connectivity index (χ0n) is 8.86. The SMILES string of the molecule is COC=Cc1cc(CC(=O)O)ccc1C. The zero-order valence-corrected chi connectivity index (χ0v) is 8.86. The van der Waals surface area contributed by atoms with Gasteiger partial charge in [-0.3, -0.25) is 4.79 Å². The molecule has 0 saturated carbocycles. The van der Waals surface area contributed by atoms with Gasteiger partial charge in [-0.05, 0) is 29.7 Å². The molecule has 0 aromatic heterocycles. The van der Waals surface area contributed by atoms with Crippen LogP contribution in [0.3, 0.4) is 0 Å². The van der Waals surface area contributed by atoms with E-state index in [1.54, 1.807) is 13.4 Å². The molecule has 0 spiro atoms. The van der Waals surface area contributed by atoms with Gasteiger partial charge in [-0.1, -0.05) is 18.2 Å². The van der Waals surface area contributed by atoms with Crippen molar-refractivity contribution in [2.75, 3.05) is 7.11 Å². The number of aliphatic carboxylic acids is 1. The molecule has 0 aliphatic carbocycles. The Morgan fingerprint density at radius 3 is 2.87 bits per heavy atom. The summed E-state index contributed by atoms with van der Waals surface area (Å²) < 4.78 is 4.82. The van der Waals surface area contributed by atoms with Gasteiger partial charge in [0, 0.05) is 0 Å². The van der Waals surface area contributed by atoms with E-state index in [1.165, 1.54) is 0 Å². The van der Waals surface area contributed by atoms with Crippen LogP contribution in [0, 0.1) is 6.92 Å². The Kier molecular flexibility index (Phi) is 3.92. The third kappa shape index (κ3) is 3.46. The van der Waals surface area contributed by atoms with E-state index in [-0.39, 0.29) is 6.42 Å². The smallest absolute Gasteiger partial charge is 0.307 e. The van der Waals surface area contributed by atoms with E-state index in [1.807, 2.05) is 31.2 Å². The van der Waals surface area contributed by atoms with Crippen LogP contribution in [0.2, 0.25) is 0 Å². The highest BCUT2D eigenvalue weighted by atomic mass is 16.5. The zero-order chi connectivity index (χ0) is 11.3. The molecule has 80 valence electrons. The van der Waals surface area contributed by atoms with Crippen LogP contribution < -0.4 is 0 Å². The van der Waals surface area contributed by atoms with Crippen molar-refractivity contribution in [3.63, 3.8) is 0 Å². The number of hydrogen-bond acceptors (Lipinski definition) is 2. The molecule has 0 aliphatic rings. The Hall–Kier alpha value is -1.77. The average Bonchev–Trinajstić information content (AvgIpc) is 2.18. The van der Waals surface area contributed by atoms with Gasteiger partial charge in [0.25, 0.3) is 0 Å². The van der Waals surface area contributed by atoms with Gasteiger partial charge < -0.3 is 9.84 Å². The lowest BCUT2D eigenvalue weighted by Gasteiger charge is -2.03. The molecule has 0 saturated heterocycles. The summed E-state index contributed by atoms with van der Waals surface area (Å²) in [5.74, 6) is -0.819. The van der Waals surface area contributed by atoms with Gasteiger partial charge >= 0.3 is 5.97 Å². The average molecular weight is 206 g/mol. The second kappa shape index (κ2) is 5.20. The number of carboxylic acid groups (broad SMARTS) is 1. The second-order valence-electron chi connectivity index (χ2n) is 3.30. The van der Waals surface area contributed by atoms with Crippen molar-refractivity contribution in [2.45, 2.75) is 13.3 Å². The van der Waals surface area contributed by atoms with Crippen LogP contribution in [0.1, 0.15) is 16.7 Å². The molecular formula is C12H14O3. The van der Waals surface area contributed by atoms with Gasteiger partial charge in [-0.25, -0.2) is 0 Å². The number of carbonyl (C=O) groups is 1. The van der Waals surface area contributed by atoms with E-state index < -0.39 is 5.97 Å². The molecule has 1 rings (SSSR count). The van der Waals surface area contributed by atoms with E-state index in [4.69, 9.17) is 9.84 Å². The molecule has 0 radical (unpaired) electrons. The maximum atomic E-state index is 10.5. The fraction of sp³-hybridized carbons (Fsp3) is 0.250. The lowest BCUT2D eigenvalue weighted by molar-refractivity contribution is -0.136. The number of methoxy groups -OCH3 is 1. The predicted octanol–water partition coefficient (Wildman–Crippen LogP) is 2.24. The van der Waals surface area contributed by atoms with Crippen molar-refractivity contribution in [3.05, 3.63) is 41.2 Å². The summed E-state index contributed by atoms with van der Waals surface area (Å²) in [6.07, 6.45) is 3.45. The normalized spacial score (nSPS) is 10.5. The first-order valence-electron chi connectivity index (χ1n) is 4.64. The summed E-state index contributed by atoms with van der Waals surface area (Å²) in [5.41, 5.74) is 2.87. The van der Waals surface area contributed by atoms with Crippen molar-refractivity contribution >= 4 is 12.0 Å². The number of aryl methyl sites for hydroxylation is 1. The Morgan fingerprint density at radius 1 is 1.53 bits per heavy atom. The number of benzene rings is 1. The highest BCUT2D eigenvalue weighted by molar-refractivity contribution is 5.70. The van der Waals surface area contributed by atoms with Gasteiger partial charge in [0.1, 0.15) is 0 Å². The molecule has 1 aromatic carbocycles. The lowest BCUT2D eigenvalue weighted by Crippen LogP contribution is -2.00. The first kappa shape index (κ1) is 11.3. The molecule has 0 amide bonds. The predicted molar refractivity (Wildman–Crippen MR) is 58.6 cm³/mol. The van der Waals surface area contributed by atoms with Crippen LogP contribution in [0.4, 0.5) is 0 Å². The van der Waals surface area contributed by atoms with Gasteiger partial charge in [0.05, 0.1) is 19.8 Å². The molecule has 0 unspecified atom stereocenters. The van der Waals surface area contributed by atoms with Gasteiger partial charge in [-0.2, -0.15) is 0 Å². The Labute approximate surface area is 89.0 Å². The van der Waals surface area contributed by atoms with E-state index in [0.717, 1.165) is 16.7 Å². The Morgan fingerprint density at radius 2 is 2.27 bits per heavy atom. The number of hydrogen-bond donors (Lipinski definition) is 1. The van der Waals surface area contributed by atoms with Crippen LogP contribution in [0.5, 0.6) is 0 Å². The molecule has 0 fully saturated rings. The highest BCUT2D eigenvalue weighted by Crippen LogP contribution is 2.13. The van der Waals surface area contributed by atoms with Crippen LogP contribution in [0.25, 0.3) is 6.08 Å². The maximum absolute atomic E-state index is 10.5. The van der Waals surface area contributed by atoms with Crippen molar-refractivity contribution in [1.29, 1.82) is 0 Å². The molecule has 3 heteroatoms. The minimum absolute atomic E-state index is 0.0497. The van der Waals surface area contributed by atoms with Gasteiger partial charge in [0.15, 0.2) is 0 Å².